The molecule has 258 valence electrons. The molecule has 0 aromatic carbocycles. The van der Waals surface area contributed by atoms with Crippen molar-refractivity contribution in [2.45, 2.75) is 134 Å². The molecule has 0 atom stereocenters. The molecule has 0 saturated heterocycles. The largest absolute Gasteiger partial charge is 4.00 e. The monoisotopic (exact) mass is 876 g/mol. The summed E-state index contributed by atoms with van der Waals surface area (Å²) in [6, 6.07) is 0. The molecule has 0 aliphatic rings. The predicted octanol–water partition coefficient (Wildman–Crippen LogP) is -7.57. The fourth-order valence-corrected chi connectivity index (χ4v) is 0. The second-order valence-electron chi connectivity index (χ2n) is 7.70. The molecule has 16 nitrogen and oxygen atoms in total. The fourth-order valence-electron chi connectivity index (χ4n) is 0. The standard InChI is InChI=1S/5C3H7O.5C2H4O2.O.3Zr/c5*1-3(2)4;5*1-2(3)4;;;;/h5*3H,1-2H3;5*1H3,(H,3,4);;;;/q5*-1;;;;;;-2;3*+4/p-5. The molecule has 0 aliphatic carbocycles. The molecule has 0 fully saturated rings. The minimum Gasteiger partial charge on any atom is -2.00 e. The second-order valence-corrected chi connectivity index (χ2v) is 7.70. The summed E-state index contributed by atoms with van der Waals surface area (Å²) in [5, 5.41) is 92.1. The third-order valence-electron chi connectivity index (χ3n) is 0. The number of aliphatic carboxylic acids is 5. The molecule has 0 radical (unpaired) electrons. The van der Waals surface area contributed by atoms with Gasteiger partial charge < -0.3 is 80.5 Å². The van der Waals surface area contributed by atoms with Gasteiger partial charge in [-0.3, -0.25) is 0 Å². The summed E-state index contributed by atoms with van der Waals surface area (Å²) in [4.78, 5) is 44.4. The van der Waals surface area contributed by atoms with Crippen LogP contribution in [-0.2, 0) is 108 Å². The molecule has 19 heteroatoms. The zero-order chi connectivity index (χ0) is 35.8. The Balaban J connectivity index is -0.0000000187. The maximum absolute atomic E-state index is 9.53. The molecule has 0 aliphatic heterocycles. The average Bonchev–Trinajstić information content (AvgIpc) is 2.47. The molecule has 0 spiro atoms. The Morgan fingerprint density at radius 3 is 0.318 bits per heavy atom. The first-order valence-corrected chi connectivity index (χ1v) is 11.5. The average molecular weight is 880 g/mol. The van der Waals surface area contributed by atoms with E-state index in [0.29, 0.717) is 0 Å². The molecule has 0 saturated carbocycles. The van der Waals surface area contributed by atoms with E-state index in [1.165, 1.54) is 0 Å². The quantitative estimate of drug-likeness (QED) is 0.218. The molecule has 0 aromatic heterocycles. The zero-order valence-electron chi connectivity index (χ0n) is 28.4. The topological polar surface area (TPSA) is 344 Å². The van der Waals surface area contributed by atoms with E-state index in [-0.39, 0.29) is 84.1 Å². The number of carbonyl (C=O) groups excluding carboxylic acids is 5. The van der Waals surface area contributed by atoms with Crippen LogP contribution in [0.2, 0.25) is 0 Å². The van der Waals surface area contributed by atoms with Gasteiger partial charge >= 0.3 is 78.6 Å². The number of carboxylic acids is 5. The Morgan fingerprint density at radius 2 is 0.318 bits per heavy atom. The van der Waals surface area contributed by atoms with Crippen LogP contribution >= 0.6 is 0 Å². The van der Waals surface area contributed by atoms with E-state index in [2.05, 4.69) is 0 Å². The molecule has 0 aromatic rings. The van der Waals surface area contributed by atoms with Crippen molar-refractivity contribution < 1.29 is 159 Å². The molecular formula is C25H50O16Zr3. The molecule has 44 heavy (non-hydrogen) atoms. The molecule has 0 unspecified atom stereocenters. The Labute approximate surface area is 321 Å². The van der Waals surface area contributed by atoms with Gasteiger partial charge in [0.25, 0.3) is 0 Å². The van der Waals surface area contributed by atoms with Gasteiger partial charge in [0.05, 0.1) is 0 Å². The summed E-state index contributed by atoms with van der Waals surface area (Å²) in [5.41, 5.74) is 0. The van der Waals surface area contributed by atoms with Gasteiger partial charge in [-0.25, -0.2) is 0 Å². The number of hydrogen-bond acceptors (Lipinski definition) is 15. The first-order valence-electron chi connectivity index (χ1n) is 11.5. The number of carbonyl (C=O) groups is 5. The molecular weight excluding hydrogens is 830 g/mol. The van der Waals surface area contributed by atoms with E-state index in [1.54, 1.807) is 69.2 Å². The van der Waals surface area contributed by atoms with Crippen LogP contribution in [0.15, 0.2) is 0 Å². The Morgan fingerprint density at radius 1 is 0.318 bits per heavy atom. The molecule has 0 amide bonds. The summed E-state index contributed by atoms with van der Waals surface area (Å²) in [6.45, 7) is 21.0. The van der Waals surface area contributed by atoms with Crippen LogP contribution in [0.4, 0.5) is 0 Å². The van der Waals surface area contributed by atoms with Crippen LogP contribution < -0.4 is 51.1 Å². The van der Waals surface area contributed by atoms with Gasteiger partial charge in [0, 0.05) is 29.8 Å². The summed E-state index contributed by atoms with van der Waals surface area (Å²) < 4.78 is 0. The minimum absolute atomic E-state index is 0. The van der Waals surface area contributed by atoms with Gasteiger partial charge in [-0.15, -0.1) is 30.5 Å². The number of rotatable bonds is 0. The van der Waals surface area contributed by atoms with E-state index in [9.17, 15) is 25.5 Å². The first-order chi connectivity index (χ1) is 17.3. The van der Waals surface area contributed by atoms with Crippen molar-refractivity contribution in [1.29, 1.82) is 0 Å². The van der Waals surface area contributed by atoms with E-state index in [1.807, 2.05) is 0 Å². The molecule has 0 N–H and O–H groups in total. The van der Waals surface area contributed by atoms with E-state index < -0.39 is 60.4 Å². The predicted molar refractivity (Wildman–Crippen MR) is 130 cm³/mol. The van der Waals surface area contributed by atoms with Crippen LogP contribution in [0, 0.1) is 0 Å². The van der Waals surface area contributed by atoms with Crippen LogP contribution in [0.5, 0.6) is 0 Å². The summed E-state index contributed by atoms with van der Waals surface area (Å²) >= 11 is 0. The maximum atomic E-state index is 9.53. The van der Waals surface area contributed by atoms with Gasteiger partial charge in [0.1, 0.15) is 0 Å². The molecule has 0 bridgehead atoms. The molecule has 0 rings (SSSR count). The van der Waals surface area contributed by atoms with Crippen molar-refractivity contribution >= 4 is 29.8 Å². The first kappa shape index (κ1) is 90.3. The molecule has 0 heterocycles. The minimum atomic E-state index is -1.08. The summed E-state index contributed by atoms with van der Waals surface area (Å²) in [7, 11) is 0. The van der Waals surface area contributed by atoms with E-state index in [0.717, 1.165) is 34.6 Å². The van der Waals surface area contributed by atoms with Gasteiger partial charge in [-0.05, 0) is 34.6 Å². The van der Waals surface area contributed by atoms with Crippen molar-refractivity contribution in [3.63, 3.8) is 0 Å². The van der Waals surface area contributed by atoms with Crippen molar-refractivity contribution in [2.24, 2.45) is 0 Å². The van der Waals surface area contributed by atoms with E-state index in [4.69, 9.17) is 49.5 Å². The Bertz CT molecular complexity index is 381. The SMILES string of the molecule is CC(=O)[O-].CC(=O)[O-].CC(=O)[O-].CC(=O)[O-].CC(=O)[O-].CC(C)[O-].CC(C)[O-].CC(C)[O-].CC(C)[O-].CC(C)[O-].[O-2].[Zr+4].[Zr+4].[Zr+4]. The number of carboxylic acid groups (broad SMARTS) is 5. The van der Waals surface area contributed by atoms with Crippen molar-refractivity contribution in [2.75, 3.05) is 0 Å². The summed E-state index contributed by atoms with van der Waals surface area (Å²) in [6.07, 6.45) is -2.08. The number of hydrogen-bond donors (Lipinski definition) is 0. The van der Waals surface area contributed by atoms with E-state index >= 15 is 0 Å². The van der Waals surface area contributed by atoms with Crippen LogP contribution in [0.25, 0.3) is 0 Å². The Hall–Kier alpha value is -0.241. The normalized spacial score (nSPS) is 6.93. The van der Waals surface area contributed by atoms with Crippen LogP contribution in [0.3, 0.4) is 0 Å². The third-order valence-corrected chi connectivity index (χ3v) is 0. The fraction of sp³-hybridized carbons (Fsp3) is 0.800. The third kappa shape index (κ3) is 1200000. The Kier molecular flexibility index (Phi) is 173. The van der Waals surface area contributed by atoms with Crippen molar-refractivity contribution in [3.05, 3.63) is 0 Å². The van der Waals surface area contributed by atoms with Crippen LogP contribution in [0.1, 0.15) is 104 Å². The second kappa shape index (κ2) is 84.2. The van der Waals surface area contributed by atoms with Crippen molar-refractivity contribution in [3.8, 4) is 0 Å². The zero-order valence-corrected chi connectivity index (χ0v) is 35.8. The smallest absolute Gasteiger partial charge is 2.00 e. The van der Waals surface area contributed by atoms with Gasteiger partial charge in [-0.2, -0.15) is 0 Å². The van der Waals surface area contributed by atoms with Crippen molar-refractivity contribution in [1.82, 2.24) is 0 Å². The van der Waals surface area contributed by atoms with Crippen LogP contribution in [-0.4, -0.2) is 60.4 Å². The maximum Gasteiger partial charge on any atom is 4.00 e. The van der Waals surface area contributed by atoms with Gasteiger partial charge in [0.15, 0.2) is 0 Å². The van der Waals surface area contributed by atoms with Gasteiger partial charge in [-0.1, -0.05) is 69.2 Å². The van der Waals surface area contributed by atoms with Gasteiger partial charge in [0.2, 0.25) is 0 Å². The summed E-state index contributed by atoms with van der Waals surface area (Å²) in [5.74, 6) is -5.42.